The van der Waals surface area contributed by atoms with Gasteiger partial charge >= 0.3 is 6.09 Å². The number of nitrogens with zero attached hydrogens (tertiary/aromatic N) is 1. The van der Waals surface area contributed by atoms with E-state index >= 15 is 0 Å². The predicted octanol–water partition coefficient (Wildman–Crippen LogP) is 6.10. The summed E-state index contributed by atoms with van der Waals surface area (Å²) in [7, 11) is 0. The van der Waals surface area contributed by atoms with Gasteiger partial charge in [-0.1, -0.05) is 41.7 Å². The van der Waals surface area contributed by atoms with Crippen LogP contribution in [0.2, 0.25) is 5.02 Å². The zero-order valence-corrected chi connectivity index (χ0v) is 22.0. The van der Waals surface area contributed by atoms with Crippen LogP contribution in [0, 0.1) is 11.8 Å². The molecule has 2 aromatic rings. The molecule has 0 aromatic heterocycles. The minimum absolute atomic E-state index is 0.000496. The van der Waals surface area contributed by atoms with Gasteiger partial charge in [0.2, 0.25) is 0 Å². The zero-order valence-electron chi connectivity index (χ0n) is 20.4. The second-order valence-electron chi connectivity index (χ2n) is 10.1. The number of carbonyl (C=O) groups is 1. The average Bonchev–Trinajstić information content (AvgIpc) is 3.64. The molecule has 7 heteroatoms. The molecule has 2 atom stereocenters. The molecular formula is C28H35ClN2O3S. The van der Waals surface area contributed by atoms with Crippen molar-refractivity contribution in [2.24, 2.45) is 11.8 Å². The molecular weight excluding hydrogens is 480 g/mol. The van der Waals surface area contributed by atoms with Crippen molar-refractivity contribution < 1.29 is 14.3 Å². The maximum absolute atomic E-state index is 12.3. The summed E-state index contributed by atoms with van der Waals surface area (Å²) in [6, 6.07) is 14.5. The van der Waals surface area contributed by atoms with Crippen molar-refractivity contribution in [1.29, 1.82) is 0 Å². The number of carbonyl (C=O) groups excluding carboxylic acids is 1. The van der Waals surface area contributed by atoms with E-state index in [4.69, 9.17) is 21.1 Å². The second kappa shape index (κ2) is 11.4. The Bertz CT molecular complexity index is 1030. The first-order valence-electron chi connectivity index (χ1n) is 12.9. The van der Waals surface area contributed by atoms with Crippen LogP contribution in [-0.4, -0.2) is 48.5 Å². The molecule has 0 radical (unpaired) electrons. The number of amides is 1. The molecule has 0 spiro atoms. The summed E-state index contributed by atoms with van der Waals surface area (Å²) < 4.78 is 13.9. The average molecular weight is 515 g/mol. The van der Waals surface area contributed by atoms with E-state index in [2.05, 4.69) is 33.9 Å². The van der Waals surface area contributed by atoms with Gasteiger partial charge < -0.3 is 14.8 Å². The molecule has 3 aliphatic rings. The number of nitrogens with one attached hydrogen (secondary N) is 1. The summed E-state index contributed by atoms with van der Waals surface area (Å²) in [6.07, 6.45) is 5.09. The summed E-state index contributed by atoms with van der Waals surface area (Å²) in [4.78, 5) is 12.3. The van der Waals surface area contributed by atoms with Crippen molar-refractivity contribution in [3.05, 3.63) is 64.2 Å². The summed E-state index contributed by atoms with van der Waals surface area (Å²) in [6.45, 7) is 5.18. The molecule has 1 saturated carbocycles. The highest BCUT2D eigenvalue weighted by Gasteiger charge is 2.33. The van der Waals surface area contributed by atoms with Gasteiger partial charge in [-0.15, -0.1) is 0 Å². The number of alkyl carbamates (subject to hydrolysis) is 1. The van der Waals surface area contributed by atoms with Crippen molar-refractivity contribution in [3.63, 3.8) is 0 Å². The smallest absolute Gasteiger partial charge is 0.407 e. The third kappa shape index (κ3) is 6.66. The minimum Gasteiger partial charge on any atom is -0.493 e. The minimum atomic E-state index is -0.349. The van der Waals surface area contributed by atoms with Crippen molar-refractivity contribution in [1.82, 2.24) is 9.62 Å². The lowest BCUT2D eigenvalue weighted by molar-refractivity contribution is 0.138. The lowest BCUT2D eigenvalue weighted by Crippen LogP contribution is -2.45. The molecule has 1 N–H and O–H groups in total. The maximum Gasteiger partial charge on any atom is 0.407 e. The molecule has 5 nitrogen and oxygen atoms in total. The zero-order chi connectivity index (χ0) is 24.2. The van der Waals surface area contributed by atoms with Gasteiger partial charge in [-0.2, -0.15) is 0 Å². The second-order valence-corrected chi connectivity index (χ2v) is 11.6. The first-order chi connectivity index (χ1) is 17.1. The van der Waals surface area contributed by atoms with Crippen LogP contribution in [0.1, 0.15) is 48.8 Å². The summed E-state index contributed by atoms with van der Waals surface area (Å²) in [5, 5.41) is 3.85. The molecule has 188 valence electrons. The Labute approximate surface area is 218 Å². The molecule has 2 aromatic carbocycles. The van der Waals surface area contributed by atoms with Gasteiger partial charge in [0.15, 0.2) is 0 Å². The topological polar surface area (TPSA) is 50.8 Å². The standard InChI is InChI=1S/C28H35ClN2O3S/c1-2-33-28(32)30-27-11-9-22-8-10-24(34-17-21-15-31(16-21)35-18-19-6-7-19)14-25(22)26(27)13-20-4-3-5-23(29)12-20/h3-5,8,10,12,14,19,21,26-27H,2,6-7,9,11,13,15-18H2,1H3,(H,30,32). The molecule has 1 saturated heterocycles. The Hall–Kier alpha value is -1.89. The van der Waals surface area contributed by atoms with E-state index in [1.165, 1.54) is 29.7 Å². The number of ether oxygens (including phenoxy) is 2. The van der Waals surface area contributed by atoms with Gasteiger partial charge in [0.1, 0.15) is 5.75 Å². The first kappa shape index (κ1) is 24.8. The van der Waals surface area contributed by atoms with Gasteiger partial charge in [-0.3, -0.25) is 0 Å². The normalized spacial score (nSPS) is 22.2. The van der Waals surface area contributed by atoms with Crippen LogP contribution >= 0.6 is 23.5 Å². The van der Waals surface area contributed by atoms with Crippen LogP contribution in [0.25, 0.3) is 0 Å². The number of halogens is 1. The summed E-state index contributed by atoms with van der Waals surface area (Å²) in [5.74, 6) is 3.89. The third-order valence-corrected chi connectivity index (χ3v) is 8.77. The number of hydrogen-bond acceptors (Lipinski definition) is 5. The van der Waals surface area contributed by atoms with Crippen LogP contribution in [-0.2, 0) is 17.6 Å². The van der Waals surface area contributed by atoms with Crippen LogP contribution in [0.3, 0.4) is 0 Å². The van der Waals surface area contributed by atoms with Gasteiger partial charge in [0.05, 0.1) is 13.2 Å². The van der Waals surface area contributed by atoms with Crippen molar-refractivity contribution in [2.75, 3.05) is 32.1 Å². The van der Waals surface area contributed by atoms with Crippen LogP contribution < -0.4 is 10.1 Å². The van der Waals surface area contributed by atoms with E-state index in [1.54, 1.807) is 0 Å². The van der Waals surface area contributed by atoms with E-state index < -0.39 is 0 Å². The quantitative estimate of drug-likeness (QED) is 0.388. The molecule has 0 bridgehead atoms. The van der Waals surface area contributed by atoms with E-state index in [0.29, 0.717) is 12.5 Å². The first-order valence-corrected chi connectivity index (χ1v) is 14.2. The molecule has 1 aliphatic heterocycles. The Morgan fingerprint density at radius 1 is 1.14 bits per heavy atom. The highest BCUT2D eigenvalue weighted by Crippen LogP contribution is 2.38. The fraction of sp³-hybridized carbons (Fsp3) is 0.536. The van der Waals surface area contributed by atoms with E-state index in [0.717, 1.165) is 61.2 Å². The highest BCUT2D eigenvalue weighted by molar-refractivity contribution is 7.97. The monoisotopic (exact) mass is 514 g/mol. The van der Waals surface area contributed by atoms with Crippen molar-refractivity contribution >= 4 is 29.6 Å². The van der Waals surface area contributed by atoms with Crippen molar-refractivity contribution in [3.8, 4) is 5.75 Å². The maximum atomic E-state index is 12.3. The van der Waals surface area contributed by atoms with Crippen molar-refractivity contribution in [2.45, 2.75) is 51.0 Å². The number of rotatable bonds is 10. The lowest BCUT2D eigenvalue weighted by atomic mass is 9.76. The number of hydrogen-bond donors (Lipinski definition) is 1. The molecule has 1 amide bonds. The third-order valence-electron chi connectivity index (χ3n) is 7.25. The van der Waals surface area contributed by atoms with E-state index in [1.807, 2.05) is 37.1 Å². The molecule has 2 unspecified atom stereocenters. The summed E-state index contributed by atoms with van der Waals surface area (Å²) in [5.41, 5.74) is 3.75. The molecule has 2 aliphatic carbocycles. The number of fused-ring (bicyclic) bond motifs is 1. The van der Waals surface area contributed by atoms with Gasteiger partial charge in [0, 0.05) is 41.7 Å². The fourth-order valence-electron chi connectivity index (χ4n) is 5.07. The van der Waals surface area contributed by atoms with Crippen LogP contribution in [0.15, 0.2) is 42.5 Å². The SMILES string of the molecule is CCOC(=O)NC1CCc2ccc(OCC3CN(SCC4CC4)C3)cc2C1Cc1cccc(Cl)c1. The van der Waals surface area contributed by atoms with Gasteiger partial charge in [-0.05, 0) is 85.9 Å². The van der Waals surface area contributed by atoms with Gasteiger partial charge in [0.25, 0.3) is 0 Å². The lowest BCUT2D eigenvalue weighted by Gasteiger charge is -2.38. The largest absolute Gasteiger partial charge is 0.493 e. The van der Waals surface area contributed by atoms with E-state index in [9.17, 15) is 4.79 Å². The number of benzene rings is 2. The fourth-order valence-corrected chi connectivity index (χ4v) is 6.67. The molecule has 1 heterocycles. The Balaban J connectivity index is 1.26. The molecule has 2 fully saturated rings. The highest BCUT2D eigenvalue weighted by atomic mass is 35.5. The molecule has 35 heavy (non-hydrogen) atoms. The van der Waals surface area contributed by atoms with Crippen LogP contribution in [0.4, 0.5) is 4.79 Å². The predicted molar refractivity (Wildman–Crippen MR) is 142 cm³/mol. The van der Waals surface area contributed by atoms with Crippen LogP contribution in [0.5, 0.6) is 5.75 Å². The Kier molecular flexibility index (Phi) is 8.11. The molecule has 5 rings (SSSR count). The Morgan fingerprint density at radius 2 is 2.00 bits per heavy atom. The number of aryl methyl sites for hydroxylation is 1. The van der Waals surface area contributed by atoms with E-state index in [-0.39, 0.29) is 18.1 Å². The Morgan fingerprint density at radius 3 is 2.77 bits per heavy atom. The summed E-state index contributed by atoms with van der Waals surface area (Å²) >= 11 is 8.29. The van der Waals surface area contributed by atoms with Gasteiger partial charge in [-0.25, -0.2) is 9.10 Å².